The lowest BCUT2D eigenvalue weighted by Gasteiger charge is -2.07. The second-order valence-corrected chi connectivity index (χ2v) is 8.72. The molecule has 0 unspecified atom stereocenters. The van der Waals surface area contributed by atoms with E-state index in [4.69, 9.17) is 5.10 Å². The first kappa shape index (κ1) is 20.3. The zero-order chi connectivity index (χ0) is 22.1. The first-order valence-corrected chi connectivity index (χ1v) is 11.4. The van der Waals surface area contributed by atoms with Crippen LogP contribution in [0.25, 0.3) is 27.5 Å². The second kappa shape index (κ2) is 8.48. The highest BCUT2D eigenvalue weighted by molar-refractivity contribution is 8.00. The third-order valence-corrected chi connectivity index (χ3v) is 6.55. The van der Waals surface area contributed by atoms with Gasteiger partial charge in [-0.25, -0.2) is 9.50 Å². The molecule has 0 bridgehead atoms. The Morgan fingerprint density at radius 2 is 1.84 bits per heavy atom. The van der Waals surface area contributed by atoms with Crippen molar-refractivity contribution in [3.63, 3.8) is 0 Å². The number of nitrogens with zero attached hydrogens (tertiary/aromatic N) is 3. The Bertz CT molecular complexity index is 1450. The molecule has 1 amide bonds. The number of nitrogens with one attached hydrogen (secondary N) is 1. The highest BCUT2D eigenvalue weighted by atomic mass is 32.2. The Labute approximate surface area is 190 Å². The Hall–Kier alpha value is -3.64. The van der Waals surface area contributed by atoms with Gasteiger partial charge in [0.1, 0.15) is 5.03 Å². The smallest absolute Gasteiger partial charge is 0.234 e. The van der Waals surface area contributed by atoms with E-state index in [1.165, 1.54) is 22.7 Å². The minimum absolute atomic E-state index is 0.0594. The molecule has 0 spiro atoms. The van der Waals surface area contributed by atoms with Gasteiger partial charge in [0, 0.05) is 23.6 Å². The summed E-state index contributed by atoms with van der Waals surface area (Å²) in [5, 5.41) is 10.9. The summed E-state index contributed by atoms with van der Waals surface area (Å²) in [6.45, 7) is 4.10. The molecule has 158 valence electrons. The molecule has 0 atom stereocenters. The molecule has 0 aliphatic heterocycles. The quantitative estimate of drug-likeness (QED) is 0.347. The van der Waals surface area contributed by atoms with E-state index in [1.54, 1.807) is 6.20 Å². The predicted molar refractivity (Wildman–Crippen MR) is 131 cm³/mol. The molecule has 5 aromatic rings. The van der Waals surface area contributed by atoms with Crippen molar-refractivity contribution in [2.75, 3.05) is 11.1 Å². The van der Waals surface area contributed by atoms with Gasteiger partial charge in [0.05, 0.1) is 17.0 Å². The lowest BCUT2D eigenvalue weighted by atomic mass is 10.0. The summed E-state index contributed by atoms with van der Waals surface area (Å²) in [5.74, 6) is 0.213. The van der Waals surface area contributed by atoms with Crippen LogP contribution in [-0.4, -0.2) is 26.3 Å². The van der Waals surface area contributed by atoms with Gasteiger partial charge in [-0.05, 0) is 53.9 Å². The molecule has 2 heterocycles. The van der Waals surface area contributed by atoms with Crippen LogP contribution in [0.3, 0.4) is 0 Å². The third-order valence-electron chi connectivity index (χ3n) is 5.55. The van der Waals surface area contributed by atoms with Crippen molar-refractivity contribution in [2.24, 2.45) is 0 Å². The standard InChI is InChI=1S/C26H22N4OS/c1-17-10-11-20(14-18(17)2)28-25(31)16-32-26-24-15-23(29-30(24)13-12-27-26)22-9-5-7-19-6-3-4-8-21(19)22/h3-15H,16H2,1-2H3,(H,28,31). The number of aromatic nitrogens is 3. The summed E-state index contributed by atoms with van der Waals surface area (Å²) in [6.07, 6.45) is 3.56. The average molecular weight is 439 g/mol. The minimum atomic E-state index is -0.0594. The lowest BCUT2D eigenvalue weighted by molar-refractivity contribution is -0.113. The number of benzene rings is 3. The molecule has 0 saturated carbocycles. The lowest BCUT2D eigenvalue weighted by Crippen LogP contribution is -2.14. The Balaban J connectivity index is 1.39. The summed E-state index contributed by atoms with van der Waals surface area (Å²) >= 11 is 1.41. The summed E-state index contributed by atoms with van der Waals surface area (Å²) in [4.78, 5) is 17.0. The molecule has 2 aromatic heterocycles. The van der Waals surface area contributed by atoms with Gasteiger partial charge < -0.3 is 5.32 Å². The molecule has 0 radical (unpaired) electrons. The number of anilines is 1. The van der Waals surface area contributed by atoms with E-state index in [0.29, 0.717) is 0 Å². The van der Waals surface area contributed by atoms with Gasteiger partial charge in [-0.3, -0.25) is 4.79 Å². The summed E-state index contributed by atoms with van der Waals surface area (Å²) < 4.78 is 1.83. The molecule has 32 heavy (non-hydrogen) atoms. The van der Waals surface area contributed by atoms with Crippen molar-refractivity contribution < 1.29 is 4.79 Å². The van der Waals surface area contributed by atoms with E-state index in [2.05, 4.69) is 41.5 Å². The van der Waals surface area contributed by atoms with Gasteiger partial charge in [-0.2, -0.15) is 5.10 Å². The van der Waals surface area contributed by atoms with Crippen molar-refractivity contribution in [3.05, 3.63) is 90.3 Å². The number of carbonyl (C=O) groups is 1. The number of thioether (sulfide) groups is 1. The van der Waals surface area contributed by atoms with E-state index >= 15 is 0 Å². The molecule has 3 aromatic carbocycles. The number of hydrogen-bond donors (Lipinski definition) is 1. The molecular weight excluding hydrogens is 416 g/mol. The summed E-state index contributed by atoms with van der Waals surface area (Å²) in [5.41, 5.74) is 6.02. The zero-order valence-corrected chi connectivity index (χ0v) is 18.7. The van der Waals surface area contributed by atoms with Gasteiger partial charge in [-0.1, -0.05) is 60.3 Å². The largest absolute Gasteiger partial charge is 0.325 e. The Kier molecular flexibility index (Phi) is 5.37. The van der Waals surface area contributed by atoms with Crippen molar-refractivity contribution in [1.29, 1.82) is 0 Å². The van der Waals surface area contributed by atoms with Crippen LogP contribution in [0.4, 0.5) is 5.69 Å². The third kappa shape index (κ3) is 3.97. The summed E-state index contributed by atoms with van der Waals surface area (Å²) in [6, 6.07) is 22.5. The average Bonchev–Trinajstić information content (AvgIpc) is 3.24. The zero-order valence-electron chi connectivity index (χ0n) is 17.9. The minimum Gasteiger partial charge on any atom is -0.325 e. The van der Waals surface area contributed by atoms with Crippen LogP contribution in [0.1, 0.15) is 11.1 Å². The highest BCUT2D eigenvalue weighted by Crippen LogP contribution is 2.30. The monoisotopic (exact) mass is 438 g/mol. The van der Waals surface area contributed by atoms with Crippen LogP contribution < -0.4 is 5.32 Å². The van der Waals surface area contributed by atoms with E-state index in [1.807, 2.05) is 60.1 Å². The first-order valence-electron chi connectivity index (χ1n) is 10.4. The van der Waals surface area contributed by atoms with E-state index < -0.39 is 0 Å². The molecule has 5 nitrogen and oxygen atoms in total. The normalized spacial score (nSPS) is 11.2. The Morgan fingerprint density at radius 3 is 2.72 bits per heavy atom. The van der Waals surface area contributed by atoms with Crippen molar-refractivity contribution in [3.8, 4) is 11.3 Å². The molecule has 6 heteroatoms. The molecule has 0 fully saturated rings. The van der Waals surface area contributed by atoms with Crippen LogP contribution in [-0.2, 0) is 4.79 Å². The second-order valence-electron chi connectivity index (χ2n) is 7.75. The molecule has 1 N–H and O–H groups in total. The topological polar surface area (TPSA) is 59.3 Å². The fourth-order valence-corrected chi connectivity index (χ4v) is 4.52. The molecule has 0 aliphatic rings. The number of fused-ring (bicyclic) bond motifs is 2. The van der Waals surface area contributed by atoms with Gasteiger partial charge in [0.15, 0.2) is 0 Å². The van der Waals surface area contributed by atoms with Crippen LogP contribution in [0.5, 0.6) is 0 Å². The fourth-order valence-electron chi connectivity index (χ4n) is 3.74. The van der Waals surface area contributed by atoms with Gasteiger partial charge >= 0.3 is 0 Å². The summed E-state index contributed by atoms with van der Waals surface area (Å²) in [7, 11) is 0. The fraction of sp³-hybridized carbons (Fsp3) is 0.115. The molecule has 0 saturated heterocycles. The number of amides is 1. The maximum atomic E-state index is 12.5. The maximum absolute atomic E-state index is 12.5. The molecule has 0 aliphatic carbocycles. The van der Waals surface area contributed by atoms with E-state index in [-0.39, 0.29) is 11.7 Å². The molecular formula is C26H22N4OS. The van der Waals surface area contributed by atoms with Gasteiger partial charge in [0.25, 0.3) is 0 Å². The predicted octanol–water partition coefficient (Wildman–Crippen LogP) is 5.90. The number of hydrogen-bond acceptors (Lipinski definition) is 4. The number of aryl methyl sites for hydroxylation is 2. The van der Waals surface area contributed by atoms with Crippen LogP contribution in [0.15, 0.2) is 84.1 Å². The SMILES string of the molecule is Cc1ccc(NC(=O)CSc2nccn3nc(-c4cccc5ccccc45)cc23)cc1C. The maximum Gasteiger partial charge on any atom is 0.234 e. The van der Waals surface area contributed by atoms with Gasteiger partial charge in [0.2, 0.25) is 5.91 Å². The van der Waals surface area contributed by atoms with Crippen molar-refractivity contribution in [2.45, 2.75) is 18.9 Å². The van der Waals surface area contributed by atoms with Crippen molar-refractivity contribution in [1.82, 2.24) is 14.6 Å². The number of rotatable bonds is 5. The Morgan fingerprint density at radius 1 is 1.00 bits per heavy atom. The van der Waals surface area contributed by atoms with Crippen LogP contribution >= 0.6 is 11.8 Å². The van der Waals surface area contributed by atoms with E-state index in [0.717, 1.165) is 38.4 Å². The number of carbonyl (C=O) groups excluding carboxylic acids is 1. The van der Waals surface area contributed by atoms with Crippen LogP contribution in [0.2, 0.25) is 0 Å². The van der Waals surface area contributed by atoms with Crippen molar-refractivity contribution >= 4 is 39.6 Å². The first-order chi connectivity index (χ1) is 15.6. The molecule has 5 rings (SSSR count). The van der Waals surface area contributed by atoms with Gasteiger partial charge in [-0.15, -0.1) is 0 Å². The van der Waals surface area contributed by atoms with E-state index in [9.17, 15) is 4.79 Å². The van der Waals surface area contributed by atoms with Crippen LogP contribution in [0, 0.1) is 13.8 Å². The highest BCUT2D eigenvalue weighted by Gasteiger charge is 2.13.